The molecule has 0 N–H and O–H groups in total. The largest absolute Gasteiger partial charge is 0.513 e. The molecule has 0 saturated heterocycles. The molecule has 4 nitrogen and oxygen atoms in total. The number of alkyl halides is 1. The number of nitrogens with zero attached hydrogens (tertiary/aromatic N) is 2. The van der Waals surface area contributed by atoms with Crippen molar-refractivity contribution in [1.29, 1.82) is 0 Å². The van der Waals surface area contributed by atoms with Crippen molar-refractivity contribution >= 4 is 6.03 Å². The van der Waals surface area contributed by atoms with Crippen molar-refractivity contribution < 1.29 is 22.9 Å². The zero-order valence-electron chi connectivity index (χ0n) is 13.2. The molecule has 0 aliphatic carbocycles. The molecule has 0 radical (unpaired) electrons. The molecular weight excluding hydrogens is 247 g/mol. The number of likely N-dealkylation sites (N-methyl/N-ethyl adjacent to an activating group) is 1. The molecule has 0 aromatic carbocycles. The van der Waals surface area contributed by atoms with Gasteiger partial charge < -0.3 is 4.74 Å². The van der Waals surface area contributed by atoms with Crippen LogP contribution in [0.4, 0.5) is 9.18 Å². The van der Waals surface area contributed by atoms with Crippen LogP contribution in [0, 0.1) is 0 Å². The summed E-state index contributed by atoms with van der Waals surface area (Å²) in [4.78, 5) is 12.3. The van der Waals surface area contributed by atoms with Crippen LogP contribution in [-0.2, 0) is 4.74 Å². The molecule has 110 valence electrons. The summed E-state index contributed by atoms with van der Waals surface area (Å²) in [5, 5.41) is 0. The molecule has 0 aliphatic rings. The van der Waals surface area contributed by atoms with Crippen molar-refractivity contribution in [3.05, 3.63) is 24.0 Å². The van der Waals surface area contributed by atoms with Gasteiger partial charge in [0.15, 0.2) is 0 Å². The van der Waals surface area contributed by atoms with Crippen LogP contribution in [0.5, 0.6) is 0 Å². The first-order valence-corrected chi connectivity index (χ1v) is 6.22. The quantitative estimate of drug-likeness (QED) is 0.438. The molecule has 0 aromatic rings. The summed E-state index contributed by atoms with van der Waals surface area (Å²) in [6.45, 7) is 7.33. The molecule has 0 aliphatic heterocycles. The van der Waals surface area contributed by atoms with Gasteiger partial charge in [-0.1, -0.05) is 6.58 Å². The molecule has 0 aromatic heterocycles. The maximum absolute atomic E-state index is 12.7. The molecule has 5 heteroatoms. The van der Waals surface area contributed by atoms with Gasteiger partial charge in [0, 0.05) is 6.92 Å². The van der Waals surface area contributed by atoms with E-state index in [1.807, 2.05) is 42.2 Å². The summed E-state index contributed by atoms with van der Waals surface area (Å²) in [5.74, 6) is 0.269. The van der Waals surface area contributed by atoms with Crippen molar-refractivity contribution in [2.45, 2.75) is 20.2 Å². The van der Waals surface area contributed by atoms with E-state index in [0.29, 0.717) is 6.54 Å². The van der Waals surface area contributed by atoms with Crippen LogP contribution in [0.2, 0.25) is 0 Å². The van der Waals surface area contributed by atoms with Crippen LogP contribution in [-0.4, -0.2) is 63.1 Å². The van der Waals surface area contributed by atoms with E-state index in [4.69, 9.17) is 4.74 Å². The van der Waals surface area contributed by atoms with Crippen molar-refractivity contribution in [2.75, 3.05) is 41.8 Å². The van der Waals surface area contributed by atoms with Gasteiger partial charge >= 0.3 is 6.03 Å². The fourth-order valence-electron chi connectivity index (χ4n) is 2.07. The van der Waals surface area contributed by atoms with Crippen molar-refractivity contribution in [1.82, 2.24) is 0 Å². The number of hydrogen-bond donors (Lipinski definition) is 0. The average Bonchev–Trinajstić information content (AvgIpc) is 2.11. The molecule has 1 unspecified atom stereocenters. The maximum atomic E-state index is 12.7. The number of carbonyl (C=O) groups excluding carboxylic acids is 1. The highest BCUT2D eigenvalue weighted by Crippen LogP contribution is 2.13. The number of amides is 2. The van der Waals surface area contributed by atoms with Gasteiger partial charge in [0.1, 0.15) is 12.3 Å². The Morgan fingerprint density at radius 1 is 1.32 bits per heavy atom. The van der Waals surface area contributed by atoms with Crippen LogP contribution in [0.15, 0.2) is 24.0 Å². The summed E-state index contributed by atoms with van der Waals surface area (Å²) in [6, 6.07) is 0.0816. The Balaban J connectivity index is 4.80. The first-order valence-electron chi connectivity index (χ1n) is 6.22. The van der Waals surface area contributed by atoms with Gasteiger partial charge in [0.2, 0.25) is 6.36 Å². The van der Waals surface area contributed by atoms with Crippen LogP contribution >= 0.6 is 0 Å². The molecule has 0 rings (SSSR count). The number of ether oxygens (including phenoxy) is 1. The van der Waals surface area contributed by atoms with E-state index < -0.39 is 6.36 Å². The lowest BCUT2D eigenvalue weighted by Crippen LogP contribution is -2.58. The Morgan fingerprint density at radius 3 is 2.16 bits per heavy atom. The molecular formula is C14H27FN2O2+2. The summed E-state index contributed by atoms with van der Waals surface area (Å²) in [5.41, 5.74) is 0.914. The lowest BCUT2D eigenvalue weighted by atomic mass is 10.2. The third kappa shape index (κ3) is 6.50. The van der Waals surface area contributed by atoms with Gasteiger partial charge in [-0.3, -0.25) is 0 Å². The fraction of sp³-hybridized carbons (Fsp3) is 0.643. The van der Waals surface area contributed by atoms with E-state index in [9.17, 15) is 9.18 Å². The van der Waals surface area contributed by atoms with Gasteiger partial charge in [-0.15, -0.1) is 0 Å². The number of halogens is 1. The van der Waals surface area contributed by atoms with Crippen molar-refractivity contribution in [2.24, 2.45) is 0 Å². The zero-order chi connectivity index (χ0) is 15.4. The Hall–Kier alpha value is -1.20. The summed E-state index contributed by atoms with van der Waals surface area (Å²) < 4.78 is 17.9. The number of urea groups is 1. The number of hydrogen-bond acceptors (Lipinski definition) is 2. The summed E-state index contributed by atoms with van der Waals surface area (Å²) in [6.07, 6.45) is 0.283. The zero-order valence-corrected chi connectivity index (χ0v) is 13.2. The molecule has 2 amide bonds. The van der Waals surface area contributed by atoms with Crippen molar-refractivity contribution in [3.8, 4) is 0 Å². The van der Waals surface area contributed by atoms with E-state index in [2.05, 4.69) is 6.58 Å². The third-order valence-electron chi connectivity index (χ3n) is 2.46. The highest BCUT2D eigenvalue weighted by atomic mass is 19.1. The monoisotopic (exact) mass is 274 g/mol. The van der Waals surface area contributed by atoms with Crippen LogP contribution in [0.25, 0.3) is 0 Å². The predicted molar refractivity (Wildman–Crippen MR) is 75.0 cm³/mol. The summed E-state index contributed by atoms with van der Waals surface area (Å²) >= 11 is 0. The smallest absolute Gasteiger partial charge is 0.461 e. The first kappa shape index (κ1) is 17.8. The summed E-state index contributed by atoms with van der Waals surface area (Å²) in [7, 11) is 9.23. The predicted octanol–water partition coefficient (Wildman–Crippen LogP) is 2.68. The standard InChI is InChI=1S/C14H27FN2O2/c1-11(9-12(2)19-13(3)15)10-17(7,8)14(18)16(4,5)6/h9,13H,2,10H2,1,3-8H3/q+2/b11-9+. The third-order valence-corrected chi connectivity index (χ3v) is 2.46. The minimum Gasteiger partial charge on any atom is -0.461 e. The van der Waals surface area contributed by atoms with E-state index >= 15 is 0 Å². The lowest BCUT2D eigenvalue weighted by molar-refractivity contribution is -0.925. The molecule has 0 heterocycles. The van der Waals surface area contributed by atoms with Crippen molar-refractivity contribution in [3.63, 3.8) is 0 Å². The maximum Gasteiger partial charge on any atom is 0.513 e. The van der Waals surface area contributed by atoms with Gasteiger partial charge in [-0.2, -0.15) is 4.79 Å². The highest BCUT2D eigenvalue weighted by Gasteiger charge is 2.39. The average molecular weight is 274 g/mol. The first-order chi connectivity index (χ1) is 8.36. The number of quaternary nitrogens is 2. The molecule has 0 fully saturated rings. The van der Waals surface area contributed by atoms with Gasteiger partial charge in [-0.25, -0.2) is 13.4 Å². The Bertz CT molecular complexity index is 379. The molecule has 0 bridgehead atoms. The van der Waals surface area contributed by atoms with Gasteiger partial charge in [0.25, 0.3) is 0 Å². The van der Waals surface area contributed by atoms with Crippen LogP contribution in [0.1, 0.15) is 13.8 Å². The molecule has 1 atom stereocenters. The minimum absolute atomic E-state index is 0.0816. The SMILES string of the molecule is C=C(/C=C(\C)C[N+](C)(C)C(=O)[N+](C)(C)C)OC(C)F. The topological polar surface area (TPSA) is 26.3 Å². The number of allylic oxidation sites excluding steroid dienone is 1. The van der Waals surface area contributed by atoms with Gasteiger partial charge in [-0.05, 0) is 18.6 Å². The Morgan fingerprint density at radius 2 is 1.79 bits per heavy atom. The van der Waals surface area contributed by atoms with E-state index in [-0.39, 0.29) is 20.8 Å². The van der Waals surface area contributed by atoms with Crippen LogP contribution < -0.4 is 0 Å². The lowest BCUT2D eigenvalue weighted by Gasteiger charge is -2.31. The second-order valence-electron chi connectivity index (χ2n) is 6.26. The van der Waals surface area contributed by atoms with Gasteiger partial charge in [0.05, 0.1) is 35.2 Å². The second-order valence-corrected chi connectivity index (χ2v) is 6.26. The minimum atomic E-state index is -1.38. The number of rotatable bonds is 5. The molecule has 0 saturated carbocycles. The normalized spacial score (nSPS) is 15.1. The number of carbonyl (C=O) groups is 1. The Kier molecular flexibility index (Phi) is 5.90. The van der Waals surface area contributed by atoms with E-state index in [0.717, 1.165) is 5.57 Å². The highest BCUT2D eigenvalue weighted by molar-refractivity contribution is 5.58. The Labute approximate surface area is 115 Å². The van der Waals surface area contributed by atoms with E-state index in [1.54, 1.807) is 6.08 Å². The van der Waals surface area contributed by atoms with Crippen LogP contribution in [0.3, 0.4) is 0 Å². The molecule has 19 heavy (non-hydrogen) atoms. The second kappa shape index (κ2) is 6.30. The van der Waals surface area contributed by atoms with E-state index in [1.165, 1.54) is 6.92 Å². The fourth-order valence-corrected chi connectivity index (χ4v) is 2.07. The molecule has 0 spiro atoms.